The molecule has 0 aromatic carbocycles. The molecule has 0 bridgehead atoms. The zero-order chi connectivity index (χ0) is 12.3. The van der Waals surface area contributed by atoms with E-state index in [0.29, 0.717) is 0 Å². The molecule has 0 amide bonds. The summed E-state index contributed by atoms with van der Waals surface area (Å²) in [6.07, 6.45) is 0. The Bertz CT molecular complexity index is 541. The molecule has 16 heavy (non-hydrogen) atoms. The molecule has 1 atom stereocenters. The molecular weight excluding hydrogens is 252 g/mol. The van der Waals surface area contributed by atoms with Gasteiger partial charge < -0.3 is 5.11 Å². The summed E-state index contributed by atoms with van der Waals surface area (Å²) in [6.45, 7) is 1.21. The maximum absolute atomic E-state index is 11.7. The third kappa shape index (κ3) is 2.57. The van der Waals surface area contributed by atoms with Gasteiger partial charge >= 0.3 is 5.97 Å². The molecule has 6 nitrogen and oxygen atoms in total. The van der Waals surface area contributed by atoms with Crippen molar-refractivity contribution < 1.29 is 18.3 Å². The predicted octanol–water partition coefficient (Wildman–Crippen LogP) is 0.371. The highest BCUT2D eigenvalue weighted by Gasteiger charge is 2.24. The average Bonchev–Trinajstić information content (AvgIpc) is 2.64. The molecule has 0 unspecified atom stereocenters. The fourth-order valence-electron chi connectivity index (χ4n) is 0.937. The van der Waals surface area contributed by atoms with Crippen LogP contribution in [0.4, 0.5) is 0 Å². The van der Waals surface area contributed by atoms with E-state index < -0.39 is 22.0 Å². The lowest BCUT2D eigenvalue weighted by Gasteiger charge is -2.08. The van der Waals surface area contributed by atoms with Crippen molar-refractivity contribution in [3.8, 4) is 6.07 Å². The van der Waals surface area contributed by atoms with Crippen molar-refractivity contribution in [2.45, 2.75) is 17.9 Å². The Morgan fingerprint density at radius 2 is 2.31 bits per heavy atom. The van der Waals surface area contributed by atoms with Gasteiger partial charge in [0.15, 0.2) is 0 Å². The van der Waals surface area contributed by atoms with Gasteiger partial charge in [-0.25, -0.2) is 8.42 Å². The van der Waals surface area contributed by atoms with Crippen LogP contribution in [0.3, 0.4) is 0 Å². The van der Waals surface area contributed by atoms with Crippen molar-refractivity contribution in [1.29, 1.82) is 5.26 Å². The maximum atomic E-state index is 11.7. The number of nitriles is 1. The fourth-order valence-corrected chi connectivity index (χ4v) is 3.30. The summed E-state index contributed by atoms with van der Waals surface area (Å²) in [5.74, 6) is -1.28. The van der Waals surface area contributed by atoms with Crippen LogP contribution in [0.25, 0.3) is 0 Å². The Hall–Kier alpha value is -1.43. The van der Waals surface area contributed by atoms with Crippen LogP contribution in [0.5, 0.6) is 0 Å². The Kier molecular flexibility index (Phi) is 3.64. The first-order valence-corrected chi connectivity index (χ1v) is 6.47. The summed E-state index contributed by atoms with van der Waals surface area (Å²) in [5, 5.41) is 18.7. The normalized spacial score (nSPS) is 13.0. The van der Waals surface area contributed by atoms with E-state index in [1.54, 1.807) is 6.07 Å². The smallest absolute Gasteiger partial charge is 0.321 e. The van der Waals surface area contributed by atoms with Crippen LogP contribution >= 0.6 is 11.3 Å². The maximum Gasteiger partial charge on any atom is 0.321 e. The molecule has 1 rings (SSSR count). The number of carboxylic acids is 1. The third-order valence-corrected chi connectivity index (χ3v) is 4.25. The number of thiophene rings is 1. The number of rotatable bonds is 4. The van der Waals surface area contributed by atoms with E-state index >= 15 is 0 Å². The second-order valence-corrected chi connectivity index (χ2v) is 5.51. The van der Waals surface area contributed by atoms with Crippen molar-refractivity contribution >= 4 is 27.3 Å². The van der Waals surface area contributed by atoms with Crippen LogP contribution in [0, 0.1) is 11.3 Å². The van der Waals surface area contributed by atoms with Gasteiger partial charge in [-0.15, -0.1) is 11.3 Å². The molecule has 0 aliphatic rings. The Labute approximate surface area is 96.2 Å². The molecule has 0 saturated carbocycles. The van der Waals surface area contributed by atoms with Crippen molar-refractivity contribution in [3.05, 3.63) is 16.3 Å². The zero-order valence-corrected chi connectivity index (χ0v) is 9.80. The Morgan fingerprint density at radius 3 is 2.81 bits per heavy atom. The fraction of sp³-hybridized carbons (Fsp3) is 0.250. The molecule has 0 saturated heterocycles. The molecule has 0 radical (unpaired) electrons. The first kappa shape index (κ1) is 12.6. The number of hydrogen-bond donors (Lipinski definition) is 2. The Morgan fingerprint density at radius 1 is 1.69 bits per heavy atom. The molecule has 1 aromatic rings. The minimum absolute atomic E-state index is 0.0325. The van der Waals surface area contributed by atoms with Crippen LogP contribution in [0.15, 0.2) is 16.3 Å². The molecule has 0 aliphatic carbocycles. The lowest BCUT2D eigenvalue weighted by molar-refractivity contribution is -0.138. The SMILES string of the molecule is C[C@@H](NS(=O)(=O)c1ccsc1C#N)C(=O)O. The number of nitrogens with zero attached hydrogens (tertiary/aromatic N) is 1. The molecule has 0 fully saturated rings. The highest BCUT2D eigenvalue weighted by molar-refractivity contribution is 7.89. The average molecular weight is 260 g/mol. The van der Waals surface area contributed by atoms with E-state index in [2.05, 4.69) is 0 Å². The topological polar surface area (TPSA) is 107 Å². The van der Waals surface area contributed by atoms with E-state index in [1.165, 1.54) is 18.4 Å². The number of carboxylic acid groups (broad SMARTS) is 1. The van der Waals surface area contributed by atoms with E-state index in [0.717, 1.165) is 11.3 Å². The summed E-state index contributed by atoms with van der Waals surface area (Å²) in [6, 6.07) is 1.76. The molecule has 86 valence electrons. The zero-order valence-electron chi connectivity index (χ0n) is 8.17. The van der Waals surface area contributed by atoms with E-state index in [1.807, 2.05) is 4.72 Å². The minimum Gasteiger partial charge on any atom is -0.480 e. The van der Waals surface area contributed by atoms with Gasteiger partial charge in [-0.1, -0.05) is 0 Å². The van der Waals surface area contributed by atoms with E-state index in [-0.39, 0.29) is 9.77 Å². The van der Waals surface area contributed by atoms with Gasteiger partial charge in [0, 0.05) is 0 Å². The highest BCUT2D eigenvalue weighted by atomic mass is 32.2. The Balaban J connectivity index is 3.05. The summed E-state index contributed by atoms with van der Waals surface area (Å²) in [5.41, 5.74) is 0. The lowest BCUT2D eigenvalue weighted by atomic mass is 10.4. The summed E-state index contributed by atoms with van der Waals surface area (Å²) >= 11 is 0.984. The van der Waals surface area contributed by atoms with Crippen molar-refractivity contribution in [3.63, 3.8) is 0 Å². The van der Waals surface area contributed by atoms with Crippen LogP contribution in [-0.2, 0) is 14.8 Å². The molecule has 8 heteroatoms. The largest absolute Gasteiger partial charge is 0.480 e. The number of sulfonamides is 1. The van der Waals surface area contributed by atoms with Gasteiger partial charge in [0.05, 0.1) is 0 Å². The van der Waals surface area contributed by atoms with Crippen LogP contribution in [0.1, 0.15) is 11.8 Å². The van der Waals surface area contributed by atoms with Gasteiger partial charge in [-0.2, -0.15) is 9.98 Å². The van der Waals surface area contributed by atoms with Gasteiger partial charge in [-0.3, -0.25) is 4.79 Å². The van der Waals surface area contributed by atoms with E-state index in [9.17, 15) is 13.2 Å². The quantitative estimate of drug-likeness (QED) is 0.813. The van der Waals surface area contributed by atoms with Gasteiger partial charge in [0.25, 0.3) is 0 Å². The number of hydrogen-bond acceptors (Lipinski definition) is 5. The minimum atomic E-state index is -3.95. The summed E-state index contributed by atoms with van der Waals surface area (Å²) in [7, 11) is -3.95. The lowest BCUT2D eigenvalue weighted by Crippen LogP contribution is -2.38. The molecule has 1 heterocycles. The summed E-state index contributed by atoms with van der Waals surface area (Å²) in [4.78, 5) is 10.4. The standard InChI is InChI=1S/C8H8N2O4S2/c1-5(8(11)12)10-16(13,14)7-2-3-15-6(7)4-9/h2-3,5,10H,1H3,(H,11,12)/t5-/m1/s1. The first-order chi connectivity index (χ1) is 7.38. The van der Waals surface area contributed by atoms with Crippen molar-refractivity contribution in [1.82, 2.24) is 4.72 Å². The van der Waals surface area contributed by atoms with Crippen molar-refractivity contribution in [2.75, 3.05) is 0 Å². The molecule has 2 N–H and O–H groups in total. The monoisotopic (exact) mass is 260 g/mol. The van der Waals surface area contributed by atoms with Gasteiger partial charge in [0.1, 0.15) is 21.9 Å². The van der Waals surface area contributed by atoms with Crippen molar-refractivity contribution in [2.24, 2.45) is 0 Å². The molecule has 1 aromatic heterocycles. The van der Waals surface area contributed by atoms with Crippen LogP contribution in [0.2, 0.25) is 0 Å². The number of nitrogens with one attached hydrogen (secondary N) is 1. The third-order valence-electron chi connectivity index (χ3n) is 1.72. The predicted molar refractivity (Wildman–Crippen MR) is 56.5 cm³/mol. The van der Waals surface area contributed by atoms with Crippen LogP contribution in [-0.4, -0.2) is 25.5 Å². The van der Waals surface area contributed by atoms with Gasteiger partial charge in [0.2, 0.25) is 10.0 Å². The second kappa shape index (κ2) is 4.61. The molecule has 0 spiro atoms. The molecular formula is C8H8N2O4S2. The second-order valence-electron chi connectivity index (χ2n) is 2.91. The van der Waals surface area contributed by atoms with Crippen LogP contribution < -0.4 is 4.72 Å². The van der Waals surface area contributed by atoms with Gasteiger partial charge in [-0.05, 0) is 18.4 Å². The molecule has 0 aliphatic heterocycles. The highest BCUT2D eigenvalue weighted by Crippen LogP contribution is 2.20. The number of carbonyl (C=O) groups is 1. The number of aliphatic carboxylic acids is 1. The first-order valence-electron chi connectivity index (χ1n) is 4.11. The summed E-state index contributed by atoms with van der Waals surface area (Å²) < 4.78 is 25.3. The van der Waals surface area contributed by atoms with E-state index in [4.69, 9.17) is 10.4 Å².